The number of hydrogen-bond acceptors (Lipinski definition) is 5. The van der Waals surface area contributed by atoms with Crippen LogP contribution in [0.5, 0.6) is 5.75 Å². The first kappa shape index (κ1) is 27.5. The summed E-state index contributed by atoms with van der Waals surface area (Å²) in [5, 5.41) is 6.57. The third-order valence-corrected chi connectivity index (χ3v) is 5.95. The number of nitrogens with zero attached hydrogens (tertiary/aromatic N) is 3. The maximum atomic E-state index is 12.1. The van der Waals surface area contributed by atoms with Gasteiger partial charge in [-0.3, -0.25) is 9.89 Å². The van der Waals surface area contributed by atoms with Crippen LogP contribution in [-0.4, -0.2) is 80.4 Å². The molecule has 2 unspecified atom stereocenters. The SMILES string of the molecule is CN=C(NCC(c1ccccc1OC)N1CCCC1)N1CCC(NC(=O)OC(C)(C)C)C1.I. The van der Waals surface area contributed by atoms with Gasteiger partial charge in [0.1, 0.15) is 11.4 Å². The summed E-state index contributed by atoms with van der Waals surface area (Å²) in [5.41, 5.74) is 0.703. The summed E-state index contributed by atoms with van der Waals surface area (Å²) in [6, 6.07) is 8.53. The van der Waals surface area contributed by atoms with E-state index >= 15 is 0 Å². The van der Waals surface area contributed by atoms with E-state index in [0.717, 1.165) is 44.3 Å². The van der Waals surface area contributed by atoms with Crippen LogP contribution < -0.4 is 15.4 Å². The summed E-state index contributed by atoms with van der Waals surface area (Å²) in [5.74, 6) is 1.78. The molecule has 0 saturated carbocycles. The first-order valence-corrected chi connectivity index (χ1v) is 11.6. The van der Waals surface area contributed by atoms with E-state index in [0.29, 0.717) is 6.54 Å². The van der Waals surface area contributed by atoms with Crippen LogP contribution in [0, 0.1) is 0 Å². The maximum absolute atomic E-state index is 12.1. The number of carbonyl (C=O) groups excluding carboxylic acids is 1. The van der Waals surface area contributed by atoms with Crippen LogP contribution in [0.3, 0.4) is 0 Å². The van der Waals surface area contributed by atoms with E-state index in [1.807, 2.05) is 40.0 Å². The third-order valence-electron chi connectivity index (χ3n) is 5.95. The van der Waals surface area contributed by atoms with Crippen LogP contribution in [0.25, 0.3) is 0 Å². The highest BCUT2D eigenvalue weighted by atomic mass is 127. The number of amides is 1. The van der Waals surface area contributed by atoms with E-state index in [1.165, 1.54) is 18.4 Å². The number of aliphatic imine (C=N–C) groups is 1. The molecule has 0 radical (unpaired) electrons. The summed E-state index contributed by atoms with van der Waals surface area (Å²) < 4.78 is 11.1. The number of para-hydroxylation sites is 1. The molecule has 3 rings (SSSR count). The number of rotatable bonds is 6. The molecule has 2 aliphatic rings. The molecule has 0 aromatic heterocycles. The number of halogens is 1. The van der Waals surface area contributed by atoms with E-state index in [-0.39, 0.29) is 42.2 Å². The largest absolute Gasteiger partial charge is 0.496 e. The Balaban J connectivity index is 0.00000385. The number of hydrogen-bond donors (Lipinski definition) is 2. The zero-order valence-electron chi connectivity index (χ0n) is 20.6. The normalized spacial score (nSPS) is 20.2. The smallest absolute Gasteiger partial charge is 0.407 e. The van der Waals surface area contributed by atoms with Gasteiger partial charge in [0, 0.05) is 32.2 Å². The Morgan fingerprint density at radius 1 is 1.21 bits per heavy atom. The average molecular weight is 574 g/mol. The lowest BCUT2D eigenvalue weighted by atomic mass is 10.0. The predicted molar refractivity (Wildman–Crippen MR) is 143 cm³/mol. The van der Waals surface area contributed by atoms with E-state index in [2.05, 4.69) is 37.6 Å². The number of nitrogens with one attached hydrogen (secondary N) is 2. The highest BCUT2D eigenvalue weighted by molar-refractivity contribution is 14.0. The van der Waals surface area contributed by atoms with Gasteiger partial charge in [-0.25, -0.2) is 4.79 Å². The van der Waals surface area contributed by atoms with Gasteiger partial charge in [0.15, 0.2) is 5.96 Å². The van der Waals surface area contributed by atoms with E-state index < -0.39 is 5.60 Å². The second-order valence-electron chi connectivity index (χ2n) is 9.51. The first-order chi connectivity index (χ1) is 15.3. The van der Waals surface area contributed by atoms with Gasteiger partial charge >= 0.3 is 6.09 Å². The fraction of sp³-hybridized carbons (Fsp3) is 0.667. The van der Waals surface area contributed by atoms with Gasteiger partial charge in [0.2, 0.25) is 0 Å². The highest BCUT2D eigenvalue weighted by Crippen LogP contribution is 2.31. The van der Waals surface area contributed by atoms with Crippen molar-refractivity contribution in [1.82, 2.24) is 20.4 Å². The predicted octanol–water partition coefficient (Wildman–Crippen LogP) is 3.62. The van der Waals surface area contributed by atoms with Crippen LogP contribution in [-0.2, 0) is 4.74 Å². The molecule has 2 saturated heterocycles. The lowest BCUT2D eigenvalue weighted by Crippen LogP contribution is -2.46. The molecule has 2 heterocycles. The summed E-state index contributed by atoms with van der Waals surface area (Å²) in [6.45, 7) is 10.1. The maximum Gasteiger partial charge on any atom is 0.407 e. The standard InChI is InChI=1S/C24H39N5O3.HI/c1-24(2,3)32-23(30)27-18-12-15-29(17-18)22(25-4)26-16-20(28-13-8-9-14-28)19-10-6-7-11-21(19)31-5;/h6-7,10-11,18,20H,8-9,12-17H2,1-5H3,(H,25,26)(H,27,30);1H. The molecule has 2 fully saturated rings. The van der Waals surface area contributed by atoms with Crippen LogP contribution in [0.2, 0.25) is 0 Å². The summed E-state index contributed by atoms with van der Waals surface area (Å²) >= 11 is 0. The molecule has 0 bridgehead atoms. The minimum Gasteiger partial charge on any atom is -0.496 e. The topological polar surface area (TPSA) is 78.4 Å². The first-order valence-electron chi connectivity index (χ1n) is 11.6. The Hall–Kier alpha value is -1.75. The minimum absolute atomic E-state index is 0. The molecule has 2 aliphatic heterocycles. The van der Waals surface area contributed by atoms with Crippen LogP contribution >= 0.6 is 24.0 Å². The van der Waals surface area contributed by atoms with E-state index in [4.69, 9.17) is 9.47 Å². The van der Waals surface area contributed by atoms with Crippen LogP contribution in [0.15, 0.2) is 29.3 Å². The van der Waals surface area contributed by atoms with Gasteiger partial charge in [-0.2, -0.15) is 0 Å². The molecule has 0 spiro atoms. The van der Waals surface area contributed by atoms with Crippen molar-refractivity contribution in [2.45, 2.75) is 57.7 Å². The van der Waals surface area contributed by atoms with Gasteiger partial charge in [-0.05, 0) is 59.2 Å². The number of benzene rings is 1. The van der Waals surface area contributed by atoms with Crippen molar-refractivity contribution in [2.24, 2.45) is 4.99 Å². The molecule has 8 nitrogen and oxygen atoms in total. The molecule has 9 heteroatoms. The number of ether oxygens (including phenoxy) is 2. The van der Waals surface area contributed by atoms with Crippen molar-refractivity contribution in [3.8, 4) is 5.75 Å². The second-order valence-corrected chi connectivity index (χ2v) is 9.51. The number of guanidine groups is 1. The van der Waals surface area contributed by atoms with Gasteiger partial charge in [-0.15, -0.1) is 24.0 Å². The molecule has 1 amide bonds. The Kier molecular flexibility index (Phi) is 10.5. The molecule has 2 N–H and O–H groups in total. The minimum atomic E-state index is -0.497. The van der Waals surface area contributed by atoms with Crippen LogP contribution in [0.4, 0.5) is 4.79 Å². The lowest BCUT2D eigenvalue weighted by Gasteiger charge is -2.31. The molecule has 186 valence electrons. The van der Waals surface area contributed by atoms with Crippen molar-refractivity contribution in [3.63, 3.8) is 0 Å². The van der Waals surface area contributed by atoms with Gasteiger partial charge < -0.3 is 25.0 Å². The number of alkyl carbamates (subject to hydrolysis) is 1. The Bertz CT molecular complexity index is 793. The quantitative estimate of drug-likeness (QED) is 0.308. The van der Waals surface area contributed by atoms with Crippen molar-refractivity contribution < 1.29 is 14.3 Å². The zero-order chi connectivity index (χ0) is 23.1. The van der Waals surface area contributed by atoms with Crippen molar-refractivity contribution >= 4 is 36.0 Å². The Morgan fingerprint density at radius 3 is 2.55 bits per heavy atom. The lowest BCUT2D eigenvalue weighted by molar-refractivity contribution is 0.0507. The van der Waals surface area contributed by atoms with E-state index in [1.54, 1.807) is 7.11 Å². The van der Waals surface area contributed by atoms with Gasteiger partial charge in [0.25, 0.3) is 0 Å². The van der Waals surface area contributed by atoms with Crippen LogP contribution in [0.1, 0.15) is 51.6 Å². The van der Waals surface area contributed by atoms with Crippen molar-refractivity contribution in [2.75, 3.05) is 46.9 Å². The molecular weight excluding hydrogens is 533 g/mol. The zero-order valence-corrected chi connectivity index (χ0v) is 22.9. The molecule has 1 aromatic carbocycles. The van der Waals surface area contributed by atoms with Gasteiger partial charge in [0.05, 0.1) is 19.2 Å². The summed E-state index contributed by atoms with van der Waals surface area (Å²) in [6.07, 6.45) is 2.95. The Morgan fingerprint density at radius 2 is 1.91 bits per heavy atom. The fourth-order valence-corrected chi connectivity index (χ4v) is 4.50. The third kappa shape index (κ3) is 7.91. The molecule has 0 aliphatic carbocycles. The molecular formula is C24H40IN5O3. The van der Waals surface area contributed by atoms with Crippen molar-refractivity contribution in [1.29, 1.82) is 0 Å². The fourth-order valence-electron chi connectivity index (χ4n) is 4.50. The molecule has 33 heavy (non-hydrogen) atoms. The molecule has 2 atom stereocenters. The monoisotopic (exact) mass is 573 g/mol. The summed E-state index contributed by atoms with van der Waals surface area (Å²) in [7, 11) is 3.54. The number of carbonyl (C=O) groups is 1. The van der Waals surface area contributed by atoms with Gasteiger partial charge in [-0.1, -0.05) is 18.2 Å². The molecule has 1 aromatic rings. The Labute approximate surface area is 215 Å². The number of likely N-dealkylation sites (tertiary alicyclic amines) is 2. The summed E-state index contributed by atoms with van der Waals surface area (Å²) in [4.78, 5) is 21.4. The highest BCUT2D eigenvalue weighted by Gasteiger charge is 2.30. The van der Waals surface area contributed by atoms with E-state index in [9.17, 15) is 4.79 Å². The van der Waals surface area contributed by atoms with Crippen molar-refractivity contribution in [3.05, 3.63) is 29.8 Å². The number of methoxy groups -OCH3 is 1. The second kappa shape index (κ2) is 12.6. The average Bonchev–Trinajstić information content (AvgIpc) is 3.42.